The normalized spacial score (nSPS) is 12.8. The first kappa shape index (κ1) is 10.7. The topological polar surface area (TPSA) is 12.0 Å². The summed E-state index contributed by atoms with van der Waals surface area (Å²) in [6.07, 6.45) is 1.28. The summed E-state index contributed by atoms with van der Waals surface area (Å²) in [4.78, 5) is 0. The number of rotatable bonds is 5. The third-order valence-electron chi connectivity index (χ3n) is 2.07. The van der Waals surface area contributed by atoms with Crippen molar-refractivity contribution in [2.24, 2.45) is 0 Å². The van der Waals surface area contributed by atoms with Crippen LogP contribution in [0.4, 0.5) is 0 Å². The van der Waals surface area contributed by atoms with E-state index in [9.17, 15) is 0 Å². The third kappa shape index (κ3) is 3.89. The maximum absolute atomic E-state index is 3.37. The van der Waals surface area contributed by atoms with Gasteiger partial charge in [-0.1, -0.05) is 45.2 Å². The zero-order valence-corrected chi connectivity index (χ0v) is 9.35. The molecule has 0 aliphatic carbocycles. The summed E-state index contributed by atoms with van der Waals surface area (Å²) in [5.74, 6) is 0. The smallest absolute Gasteiger partial charge is 0.000670 e. The van der Waals surface area contributed by atoms with E-state index in [2.05, 4.69) is 49.2 Å². The third-order valence-corrected chi connectivity index (χ3v) is 4.15. The van der Waals surface area contributed by atoms with Crippen LogP contribution in [0.25, 0.3) is 0 Å². The van der Waals surface area contributed by atoms with Crippen molar-refractivity contribution in [2.75, 3.05) is 25.9 Å². The summed E-state index contributed by atoms with van der Waals surface area (Å²) in [5.41, 5.74) is 0. The fraction of sp³-hybridized carbons (Fsp3) is 0.455. The molecule has 1 rings (SSSR count). The lowest BCUT2D eigenvalue weighted by Crippen LogP contribution is -2.18. The largest absolute Gasteiger partial charge is 0.317 e. The van der Waals surface area contributed by atoms with E-state index in [1.165, 1.54) is 11.5 Å². The molecule has 13 heavy (non-hydrogen) atoms. The molecule has 0 fully saturated rings. The van der Waals surface area contributed by atoms with Gasteiger partial charge in [-0.25, -0.2) is 0 Å². The molecule has 2 heteroatoms. The fourth-order valence-corrected chi connectivity index (χ4v) is 2.67. The van der Waals surface area contributed by atoms with E-state index in [0.717, 1.165) is 13.1 Å². The van der Waals surface area contributed by atoms with Crippen molar-refractivity contribution in [3.8, 4) is 0 Å². The van der Waals surface area contributed by atoms with Crippen LogP contribution in [0.5, 0.6) is 0 Å². The highest BCUT2D eigenvalue weighted by Gasteiger charge is 2.01. The fourth-order valence-electron chi connectivity index (χ4n) is 1.24. The predicted molar refractivity (Wildman–Crippen MR) is 62.3 cm³/mol. The van der Waals surface area contributed by atoms with E-state index >= 15 is 0 Å². The first-order chi connectivity index (χ1) is 6.34. The van der Waals surface area contributed by atoms with Crippen molar-refractivity contribution in [3.05, 3.63) is 30.3 Å². The van der Waals surface area contributed by atoms with Crippen molar-refractivity contribution in [2.45, 2.75) is 6.92 Å². The predicted octanol–water partition coefficient (Wildman–Crippen LogP) is 2.03. The van der Waals surface area contributed by atoms with Crippen LogP contribution in [0, 0.1) is 0 Å². The van der Waals surface area contributed by atoms with Crippen LogP contribution < -0.4 is 10.6 Å². The molecule has 0 bridgehead atoms. The van der Waals surface area contributed by atoms with Crippen LogP contribution >= 0.6 is 7.92 Å². The van der Waals surface area contributed by atoms with Gasteiger partial charge in [0.25, 0.3) is 0 Å². The minimum atomic E-state index is 0.0502. The second-order valence-electron chi connectivity index (χ2n) is 3.11. The van der Waals surface area contributed by atoms with E-state index in [4.69, 9.17) is 0 Å². The molecule has 0 spiro atoms. The van der Waals surface area contributed by atoms with Gasteiger partial charge in [0, 0.05) is 0 Å². The molecule has 0 saturated carbocycles. The van der Waals surface area contributed by atoms with Crippen LogP contribution in [-0.4, -0.2) is 25.9 Å². The summed E-state index contributed by atoms with van der Waals surface area (Å²) in [7, 11) is 0.0502. The summed E-state index contributed by atoms with van der Waals surface area (Å²) < 4.78 is 0. The van der Waals surface area contributed by atoms with Gasteiger partial charge in [0.2, 0.25) is 0 Å². The van der Waals surface area contributed by atoms with Gasteiger partial charge in [-0.15, -0.1) is 0 Å². The molecule has 0 heterocycles. The van der Waals surface area contributed by atoms with Gasteiger partial charge in [0.15, 0.2) is 0 Å². The van der Waals surface area contributed by atoms with Crippen molar-refractivity contribution in [1.82, 2.24) is 5.32 Å². The van der Waals surface area contributed by atoms with Gasteiger partial charge >= 0.3 is 0 Å². The molecule has 0 radical (unpaired) electrons. The van der Waals surface area contributed by atoms with E-state index in [1.807, 2.05) is 0 Å². The monoisotopic (exact) mass is 195 g/mol. The van der Waals surface area contributed by atoms with Gasteiger partial charge in [-0.05, 0) is 31.2 Å². The molecule has 1 aromatic carbocycles. The molecular formula is C11H18NP. The summed E-state index contributed by atoms with van der Waals surface area (Å²) in [6.45, 7) is 6.73. The SMILES string of the molecule is CCNCCP(C)c1ccccc1. The first-order valence-electron chi connectivity index (χ1n) is 4.81. The average molecular weight is 195 g/mol. The Labute approximate surface area is 82.3 Å². The summed E-state index contributed by atoms with van der Waals surface area (Å²) >= 11 is 0. The van der Waals surface area contributed by atoms with E-state index in [1.54, 1.807) is 0 Å². The molecule has 1 atom stereocenters. The Morgan fingerprint density at radius 1 is 1.23 bits per heavy atom. The lowest BCUT2D eigenvalue weighted by molar-refractivity contribution is 0.767. The van der Waals surface area contributed by atoms with E-state index < -0.39 is 0 Å². The Kier molecular flexibility index (Phi) is 5.03. The molecule has 0 saturated heterocycles. The van der Waals surface area contributed by atoms with Crippen molar-refractivity contribution < 1.29 is 0 Å². The molecule has 0 aliphatic rings. The average Bonchev–Trinajstić information content (AvgIpc) is 2.19. The second-order valence-corrected chi connectivity index (χ2v) is 5.47. The molecule has 1 aromatic rings. The molecule has 0 amide bonds. The number of nitrogens with one attached hydrogen (secondary N) is 1. The zero-order chi connectivity index (χ0) is 9.52. The first-order valence-corrected chi connectivity index (χ1v) is 6.79. The van der Waals surface area contributed by atoms with Crippen LogP contribution in [0.2, 0.25) is 0 Å². The van der Waals surface area contributed by atoms with E-state index in [-0.39, 0.29) is 7.92 Å². The minimum Gasteiger partial charge on any atom is -0.317 e. The van der Waals surface area contributed by atoms with Gasteiger partial charge < -0.3 is 5.32 Å². The molecule has 1 N–H and O–H groups in total. The molecular weight excluding hydrogens is 177 g/mol. The summed E-state index contributed by atoms with van der Waals surface area (Å²) in [6, 6.07) is 10.8. The Morgan fingerprint density at radius 2 is 1.92 bits per heavy atom. The Bertz CT molecular complexity index is 223. The highest BCUT2D eigenvalue weighted by atomic mass is 31.1. The zero-order valence-electron chi connectivity index (χ0n) is 8.46. The van der Waals surface area contributed by atoms with Gasteiger partial charge in [-0.2, -0.15) is 0 Å². The van der Waals surface area contributed by atoms with Gasteiger partial charge in [0.1, 0.15) is 0 Å². The number of hydrogen-bond acceptors (Lipinski definition) is 1. The molecule has 72 valence electrons. The minimum absolute atomic E-state index is 0.0502. The van der Waals surface area contributed by atoms with Gasteiger partial charge in [-0.3, -0.25) is 0 Å². The molecule has 0 aliphatic heterocycles. The standard InChI is InChI=1S/C11H18NP/c1-3-12-9-10-13(2)11-7-5-4-6-8-11/h4-8,12H,3,9-10H2,1-2H3. The van der Waals surface area contributed by atoms with Crippen LogP contribution in [0.3, 0.4) is 0 Å². The van der Waals surface area contributed by atoms with Crippen molar-refractivity contribution in [3.63, 3.8) is 0 Å². The Balaban J connectivity index is 2.35. The Hall–Kier alpha value is -0.390. The van der Waals surface area contributed by atoms with Crippen LogP contribution in [0.1, 0.15) is 6.92 Å². The quantitative estimate of drug-likeness (QED) is 0.560. The maximum Gasteiger partial charge on any atom is -0.000670 e. The van der Waals surface area contributed by atoms with Gasteiger partial charge in [0.05, 0.1) is 0 Å². The Morgan fingerprint density at radius 3 is 2.54 bits per heavy atom. The number of hydrogen-bond donors (Lipinski definition) is 1. The molecule has 0 aromatic heterocycles. The van der Waals surface area contributed by atoms with Crippen LogP contribution in [0.15, 0.2) is 30.3 Å². The van der Waals surface area contributed by atoms with Crippen LogP contribution in [-0.2, 0) is 0 Å². The molecule has 1 unspecified atom stereocenters. The van der Waals surface area contributed by atoms with Crippen molar-refractivity contribution in [1.29, 1.82) is 0 Å². The van der Waals surface area contributed by atoms with E-state index in [0.29, 0.717) is 0 Å². The highest BCUT2D eigenvalue weighted by Crippen LogP contribution is 2.27. The summed E-state index contributed by atoms with van der Waals surface area (Å²) in [5, 5.41) is 4.87. The highest BCUT2D eigenvalue weighted by molar-refractivity contribution is 7.64. The second kappa shape index (κ2) is 6.12. The maximum atomic E-state index is 3.37. The molecule has 1 nitrogen and oxygen atoms in total. The lowest BCUT2D eigenvalue weighted by atomic mass is 10.4. The number of benzene rings is 1. The lowest BCUT2D eigenvalue weighted by Gasteiger charge is -2.12. The van der Waals surface area contributed by atoms with Crippen molar-refractivity contribution >= 4 is 13.2 Å².